The lowest BCUT2D eigenvalue weighted by atomic mass is 10.1. The van der Waals surface area contributed by atoms with Gasteiger partial charge in [0.15, 0.2) is 0 Å². The van der Waals surface area contributed by atoms with Gasteiger partial charge in [0, 0.05) is 20.1 Å². The van der Waals surface area contributed by atoms with Crippen LogP contribution in [0.5, 0.6) is 0 Å². The zero-order chi connectivity index (χ0) is 11.3. The van der Waals surface area contributed by atoms with Crippen molar-refractivity contribution in [2.75, 3.05) is 29.9 Å². The minimum atomic E-state index is 0.960. The number of rotatable bonds is 0. The number of hydrogen-bond donors (Lipinski definition) is 0. The van der Waals surface area contributed by atoms with Crippen LogP contribution in [0.4, 0.5) is 11.4 Å². The highest BCUT2D eigenvalue weighted by Crippen LogP contribution is 2.39. The third-order valence-corrected chi connectivity index (χ3v) is 3.58. The maximum atomic E-state index is 4.62. The van der Waals surface area contributed by atoms with Gasteiger partial charge in [-0.2, -0.15) is 0 Å². The van der Waals surface area contributed by atoms with E-state index in [1.54, 1.807) is 0 Å². The van der Waals surface area contributed by atoms with Crippen molar-refractivity contribution in [3.63, 3.8) is 0 Å². The molecule has 0 spiro atoms. The van der Waals surface area contributed by atoms with Crippen LogP contribution in [0.2, 0.25) is 0 Å². The number of benzene rings is 1. The van der Waals surface area contributed by atoms with Crippen LogP contribution in [-0.2, 0) is 0 Å². The lowest BCUT2D eigenvalue weighted by Crippen LogP contribution is -2.39. The maximum absolute atomic E-state index is 4.62. The predicted molar refractivity (Wildman–Crippen MR) is 68.6 cm³/mol. The second-order valence-electron chi connectivity index (χ2n) is 4.67. The third kappa shape index (κ3) is 1.17. The van der Waals surface area contributed by atoms with Crippen LogP contribution in [0.25, 0.3) is 0 Å². The molecule has 0 aromatic heterocycles. The maximum Gasteiger partial charge on any atom is 0.205 e. The van der Waals surface area contributed by atoms with Gasteiger partial charge >= 0.3 is 0 Å². The summed E-state index contributed by atoms with van der Waals surface area (Å²) >= 11 is 0. The van der Waals surface area contributed by atoms with E-state index in [9.17, 15) is 0 Å². The van der Waals surface area contributed by atoms with Crippen molar-refractivity contribution >= 4 is 17.3 Å². The summed E-state index contributed by atoms with van der Waals surface area (Å²) in [6.45, 7) is 6.40. The topological polar surface area (TPSA) is 18.8 Å². The first-order chi connectivity index (χ1) is 7.68. The summed E-state index contributed by atoms with van der Waals surface area (Å²) in [5, 5.41) is 0. The van der Waals surface area contributed by atoms with Crippen LogP contribution in [-0.4, -0.2) is 26.1 Å². The van der Waals surface area contributed by atoms with Gasteiger partial charge in [-0.1, -0.05) is 0 Å². The molecule has 0 atom stereocenters. The zero-order valence-corrected chi connectivity index (χ0v) is 10.1. The standard InChI is InChI=1S/C13H17N3/c1-9-7-11-12(8-10(9)2)16-6-4-5-14-13(16)15(11)3/h7-8H,4-6H2,1-3H3. The molecule has 0 saturated carbocycles. The SMILES string of the molecule is Cc1cc2c(cc1C)N1CCCN=C1N2C. The quantitative estimate of drug-likeness (QED) is 0.661. The van der Waals surface area contributed by atoms with E-state index in [1.807, 2.05) is 0 Å². The third-order valence-electron chi connectivity index (χ3n) is 3.58. The fraction of sp³-hybridized carbons (Fsp3) is 0.462. The molecule has 2 heterocycles. The fourth-order valence-electron chi connectivity index (χ4n) is 2.49. The molecule has 84 valence electrons. The number of aryl methyl sites for hydroxylation is 2. The van der Waals surface area contributed by atoms with Crippen LogP contribution >= 0.6 is 0 Å². The largest absolute Gasteiger partial charge is 0.313 e. The van der Waals surface area contributed by atoms with Crippen molar-refractivity contribution < 1.29 is 0 Å². The van der Waals surface area contributed by atoms with Gasteiger partial charge in [0.1, 0.15) is 0 Å². The van der Waals surface area contributed by atoms with E-state index in [0.29, 0.717) is 0 Å². The van der Waals surface area contributed by atoms with Gasteiger partial charge in [-0.3, -0.25) is 4.99 Å². The Balaban J connectivity index is 2.19. The molecule has 3 nitrogen and oxygen atoms in total. The molecule has 16 heavy (non-hydrogen) atoms. The van der Waals surface area contributed by atoms with Crippen LogP contribution in [0.3, 0.4) is 0 Å². The van der Waals surface area contributed by atoms with Gasteiger partial charge in [0.2, 0.25) is 5.96 Å². The first-order valence-corrected chi connectivity index (χ1v) is 5.85. The second kappa shape index (κ2) is 3.24. The molecule has 0 aliphatic carbocycles. The van der Waals surface area contributed by atoms with E-state index in [4.69, 9.17) is 0 Å². The van der Waals surface area contributed by atoms with Crippen molar-refractivity contribution in [2.45, 2.75) is 20.3 Å². The molecule has 0 fully saturated rings. The predicted octanol–water partition coefficient (Wildman–Crippen LogP) is 2.32. The summed E-state index contributed by atoms with van der Waals surface area (Å²) in [4.78, 5) is 9.16. The highest BCUT2D eigenvalue weighted by molar-refractivity contribution is 6.16. The summed E-state index contributed by atoms with van der Waals surface area (Å²) in [7, 11) is 2.11. The Labute approximate surface area is 96.4 Å². The van der Waals surface area contributed by atoms with E-state index in [0.717, 1.165) is 25.5 Å². The lowest BCUT2D eigenvalue weighted by Gasteiger charge is -2.24. The minimum Gasteiger partial charge on any atom is -0.313 e. The van der Waals surface area contributed by atoms with Gasteiger partial charge in [-0.15, -0.1) is 0 Å². The molecule has 0 amide bonds. The van der Waals surface area contributed by atoms with Gasteiger partial charge < -0.3 is 9.80 Å². The molecular formula is C13H17N3. The Morgan fingerprint density at radius 3 is 2.56 bits per heavy atom. The van der Waals surface area contributed by atoms with Gasteiger partial charge in [0.25, 0.3) is 0 Å². The lowest BCUT2D eigenvalue weighted by molar-refractivity contribution is 0.790. The number of guanidine groups is 1. The highest BCUT2D eigenvalue weighted by atomic mass is 15.4. The van der Waals surface area contributed by atoms with Crippen LogP contribution in [0.1, 0.15) is 17.5 Å². The van der Waals surface area contributed by atoms with Gasteiger partial charge in [-0.25, -0.2) is 0 Å². The second-order valence-corrected chi connectivity index (χ2v) is 4.67. The Bertz CT molecular complexity index is 476. The van der Waals surface area contributed by atoms with Crippen molar-refractivity contribution in [1.29, 1.82) is 0 Å². The van der Waals surface area contributed by atoms with E-state index in [-0.39, 0.29) is 0 Å². The Hall–Kier alpha value is -1.51. The van der Waals surface area contributed by atoms with Crippen LogP contribution in [0, 0.1) is 13.8 Å². The average molecular weight is 215 g/mol. The molecule has 0 bridgehead atoms. The molecular weight excluding hydrogens is 198 g/mol. The molecule has 2 aliphatic rings. The number of anilines is 2. The zero-order valence-electron chi connectivity index (χ0n) is 10.1. The minimum absolute atomic E-state index is 0.960. The van der Waals surface area contributed by atoms with Crippen molar-refractivity contribution in [3.05, 3.63) is 23.3 Å². The Morgan fingerprint density at radius 2 is 1.81 bits per heavy atom. The number of hydrogen-bond acceptors (Lipinski definition) is 3. The van der Waals surface area contributed by atoms with E-state index in [2.05, 4.69) is 47.8 Å². The fourth-order valence-corrected chi connectivity index (χ4v) is 2.49. The molecule has 3 heteroatoms. The van der Waals surface area contributed by atoms with Crippen molar-refractivity contribution in [2.24, 2.45) is 4.99 Å². The molecule has 0 unspecified atom stereocenters. The highest BCUT2D eigenvalue weighted by Gasteiger charge is 2.31. The smallest absolute Gasteiger partial charge is 0.205 e. The number of aliphatic imine (C=N–C) groups is 1. The van der Waals surface area contributed by atoms with E-state index < -0.39 is 0 Å². The molecule has 0 radical (unpaired) electrons. The van der Waals surface area contributed by atoms with E-state index >= 15 is 0 Å². The van der Waals surface area contributed by atoms with Gasteiger partial charge in [-0.05, 0) is 43.5 Å². The molecule has 2 aliphatic heterocycles. The molecule has 0 saturated heterocycles. The van der Waals surface area contributed by atoms with Crippen molar-refractivity contribution in [3.8, 4) is 0 Å². The normalized spacial score (nSPS) is 18.3. The monoisotopic (exact) mass is 215 g/mol. The Morgan fingerprint density at radius 1 is 1.12 bits per heavy atom. The van der Waals surface area contributed by atoms with E-state index in [1.165, 1.54) is 22.5 Å². The van der Waals surface area contributed by atoms with Gasteiger partial charge in [0.05, 0.1) is 11.4 Å². The van der Waals surface area contributed by atoms with Crippen LogP contribution < -0.4 is 9.80 Å². The summed E-state index contributed by atoms with van der Waals surface area (Å²) in [5.74, 6) is 1.12. The van der Waals surface area contributed by atoms with Crippen LogP contribution in [0.15, 0.2) is 17.1 Å². The summed E-state index contributed by atoms with van der Waals surface area (Å²) in [6.07, 6.45) is 1.16. The average Bonchev–Trinajstić information content (AvgIpc) is 2.55. The molecule has 0 N–H and O–H groups in total. The summed E-state index contributed by atoms with van der Waals surface area (Å²) in [5.41, 5.74) is 5.33. The summed E-state index contributed by atoms with van der Waals surface area (Å²) < 4.78 is 0. The molecule has 3 rings (SSSR count). The first-order valence-electron chi connectivity index (χ1n) is 5.85. The molecule has 1 aromatic rings. The summed E-state index contributed by atoms with van der Waals surface area (Å²) in [6, 6.07) is 4.56. The number of nitrogens with zero attached hydrogens (tertiary/aromatic N) is 3. The first kappa shape index (κ1) is 9.70. The number of fused-ring (bicyclic) bond motifs is 3. The van der Waals surface area contributed by atoms with Crippen molar-refractivity contribution in [1.82, 2.24) is 0 Å². The Kier molecular flexibility index (Phi) is 1.96. The molecule has 1 aromatic carbocycles.